The number of rotatable bonds is 4. The Morgan fingerprint density at radius 3 is 2.82 bits per heavy atom. The van der Waals surface area contributed by atoms with E-state index in [9.17, 15) is 4.79 Å². The second-order valence-electron chi connectivity index (χ2n) is 3.31. The molecule has 0 saturated heterocycles. The Morgan fingerprint density at radius 1 is 1.41 bits per heavy atom. The lowest BCUT2D eigenvalue weighted by Crippen LogP contribution is -1.99. The molecule has 88 valence electrons. The van der Waals surface area contributed by atoms with E-state index in [-0.39, 0.29) is 17.2 Å². The van der Waals surface area contributed by atoms with Crippen LogP contribution in [0.1, 0.15) is 16.1 Å². The van der Waals surface area contributed by atoms with Crippen molar-refractivity contribution < 1.29 is 19.1 Å². The number of carboxylic acid groups (broad SMARTS) is 1. The highest BCUT2D eigenvalue weighted by Gasteiger charge is 2.09. The summed E-state index contributed by atoms with van der Waals surface area (Å²) in [6.07, 6.45) is 1.55. The lowest BCUT2D eigenvalue weighted by molar-refractivity contribution is 0.0697. The fourth-order valence-corrected chi connectivity index (χ4v) is 1.56. The number of benzene rings is 1. The summed E-state index contributed by atoms with van der Waals surface area (Å²) in [4.78, 5) is 10.7. The van der Waals surface area contributed by atoms with Crippen LogP contribution in [0, 0.1) is 0 Å². The Balaban J connectivity index is 2.07. The lowest BCUT2D eigenvalue weighted by Gasteiger charge is -2.05. The minimum Gasteiger partial charge on any atom is -0.486 e. The maximum absolute atomic E-state index is 10.7. The van der Waals surface area contributed by atoms with E-state index in [1.807, 2.05) is 0 Å². The van der Waals surface area contributed by atoms with Crippen molar-refractivity contribution in [1.29, 1.82) is 0 Å². The predicted octanol–water partition coefficient (Wildman–Crippen LogP) is 3.21. The SMILES string of the molecule is O=C(O)c1ccc(OCc2ccco2)cc1Cl. The summed E-state index contributed by atoms with van der Waals surface area (Å²) in [7, 11) is 0. The van der Waals surface area contributed by atoms with Gasteiger partial charge >= 0.3 is 5.97 Å². The van der Waals surface area contributed by atoms with Gasteiger partial charge in [0.15, 0.2) is 0 Å². The van der Waals surface area contributed by atoms with Gasteiger partial charge in [0.05, 0.1) is 16.8 Å². The summed E-state index contributed by atoms with van der Waals surface area (Å²) in [5.74, 6) is 0.118. The molecule has 1 heterocycles. The molecule has 1 N–H and O–H groups in total. The van der Waals surface area contributed by atoms with Gasteiger partial charge in [0.1, 0.15) is 18.1 Å². The highest BCUT2D eigenvalue weighted by molar-refractivity contribution is 6.33. The van der Waals surface area contributed by atoms with Crippen molar-refractivity contribution >= 4 is 17.6 Å². The number of halogens is 1. The number of furan rings is 1. The van der Waals surface area contributed by atoms with Gasteiger partial charge in [-0.1, -0.05) is 11.6 Å². The summed E-state index contributed by atoms with van der Waals surface area (Å²) in [6.45, 7) is 0.274. The molecule has 0 aliphatic rings. The van der Waals surface area contributed by atoms with Crippen molar-refractivity contribution in [2.75, 3.05) is 0 Å². The average Bonchev–Trinajstić information content (AvgIpc) is 2.78. The van der Waals surface area contributed by atoms with Crippen LogP contribution in [0.4, 0.5) is 0 Å². The Bertz CT molecular complexity index is 519. The Kier molecular flexibility index (Phi) is 3.35. The zero-order valence-electron chi connectivity index (χ0n) is 8.72. The van der Waals surface area contributed by atoms with Crippen molar-refractivity contribution in [2.24, 2.45) is 0 Å². The fourth-order valence-electron chi connectivity index (χ4n) is 1.31. The Hall–Kier alpha value is -1.94. The van der Waals surface area contributed by atoms with E-state index in [0.717, 1.165) is 0 Å². The Labute approximate surface area is 102 Å². The van der Waals surface area contributed by atoms with Gasteiger partial charge in [-0.15, -0.1) is 0 Å². The van der Waals surface area contributed by atoms with Gasteiger partial charge in [0.2, 0.25) is 0 Å². The molecule has 2 rings (SSSR count). The molecule has 0 amide bonds. The topological polar surface area (TPSA) is 59.7 Å². The molecule has 0 unspecified atom stereocenters. The molecule has 0 aliphatic carbocycles. The van der Waals surface area contributed by atoms with Crippen LogP contribution in [0.3, 0.4) is 0 Å². The second-order valence-corrected chi connectivity index (χ2v) is 3.72. The number of hydrogen-bond donors (Lipinski definition) is 1. The summed E-state index contributed by atoms with van der Waals surface area (Å²) in [5.41, 5.74) is 0.0528. The third kappa shape index (κ3) is 2.79. The number of carboxylic acids is 1. The molecule has 4 nitrogen and oxygen atoms in total. The average molecular weight is 253 g/mol. The molecule has 0 bridgehead atoms. The molecule has 0 fully saturated rings. The van der Waals surface area contributed by atoms with Crippen LogP contribution in [-0.2, 0) is 6.61 Å². The van der Waals surface area contributed by atoms with Crippen LogP contribution in [0.2, 0.25) is 5.02 Å². The number of aromatic carboxylic acids is 1. The van der Waals surface area contributed by atoms with Crippen LogP contribution < -0.4 is 4.74 Å². The molecule has 1 aromatic carbocycles. The molecule has 0 atom stereocenters. The van der Waals surface area contributed by atoms with Crippen LogP contribution in [0.5, 0.6) is 5.75 Å². The largest absolute Gasteiger partial charge is 0.486 e. The van der Waals surface area contributed by atoms with E-state index in [2.05, 4.69) is 0 Å². The van der Waals surface area contributed by atoms with E-state index in [0.29, 0.717) is 11.5 Å². The summed E-state index contributed by atoms with van der Waals surface area (Å²) in [6, 6.07) is 7.97. The molecular formula is C12H9ClO4. The zero-order valence-corrected chi connectivity index (χ0v) is 9.48. The number of carbonyl (C=O) groups is 1. The molecule has 1 aromatic heterocycles. The Morgan fingerprint density at radius 2 is 2.24 bits per heavy atom. The molecule has 5 heteroatoms. The first-order chi connectivity index (χ1) is 8.16. The first kappa shape index (κ1) is 11.5. The van der Waals surface area contributed by atoms with Gasteiger partial charge in [-0.2, -0.15) is 0 Å². The zero-order chi connectivity index (χ0) is 12.3. The first-order valence-corrected chi connectivity index (χ1v) is 5.22. The molecule has 17 heavy (non-hydrogen) atoms. The molecule has 0 radical (unpaired) electrons. The van der Waals surface area contributed by atoms with E-state index in [1.165, 1.54) is 12.1 Å². The second kappa shape index (κ2) is 4.93. The standard InChI is InChI=1S/C12H9ClO4/c13-11-6-8(3-4-10(11)12(14)15)17-7-9-2-1-5-16-9/h1-6H,7H2,(H,14,15). The van der Waals surface area contributed by atoms with Crippen molar-refractivity contribution in [3.05, 3.63) is 52.9 Å². The lowest BCUT2D eigenvalue weighted by atomic mass is 10.2. The summed E-state index contributed by atoms with van der Waals surface area (Å²) in [5, 5.41) is 8.94. The summed E-state index contributed by atoms with van der Waals surface area (Å²) >= 11 is 5.80. The van der Waals surface area contributed by atoms with Crippen LogP contribution in [-0.4, -0.2) is 11.1 Å². The molecule has 0 spiro atoms. The van der Waals surface area contributed by atoms with Crippen LogP contribution >= 0.6 is 11.6 Å². The number of ether oxygens (including phenoxy) is 1. The maximum Gasteiger partial charge on any atom is 0.337 e. The quantitative estimate of drug-likeness (QED) is 0.908. The van der Waals surface area contributed by atoms with Crippen molar-refractivity contribution in [3.63, 3.8) is 0 Å². The summed E-state index contributed by atoms with van der Waals surface area (Å²) < 4.78 is 10.5. The normalized spacial score (nSPS) is 10.2. The third-order valence-corrected chi connectivity index (χ3v) is 2.44. The monoisotopic (exact) mass is 252 g/mol. The first-order valence-electron chi connectivity index (χ1n) is 4.85. The van der Waals surface area contributed by atoms with E-state index < -0.39 is 5.97 Å². The van der Waals surface area contributed by atoms with Crippen molar-refractivity contribution in [2.45, 2.75) is 6.61 Å². The molecule has 2 aromatic rings. The number of hydrogen-bond acceptors (Lipinski definition) is 3. The molecular weight excluding hydrogens is 244 g/mol. The van der Waals surface area contributed by atoms with E-state index in [4.69, 9.17) is 25.9 Å². The van der Waals surface area contributed by atoms with Gasteiger partial charge in [-0.3, -0.25) is 0 Å². The van der Waals surface area contributed by atoms with Crippen LogP contribution in [0.25, 0.3) is 0 Å². The smallest absolute Gasteiger partial charge is 0.337 e. The van der Waals surface area contributed by atoms with Crippen molar-refractivity contribution in [1.82, 2.24) is 0 Å². The predicted molar refractivity (Wildman–Crippen MR) is 61.5 cm³/mol. The van der Waals surface area contributed by atoms with Gasteiger partial charge in [-0.05, 0) is 30.3 Å². The minimum atomic E-state index is -1.06. The molecule has 0 aliphatic heterocycles. The van der Waals surface area contributed by atoms with E-state index in [1.54, 1.807) is 24.5 Å². The van der Waals surface area contributed by atoms with Gasteiger partial charge in [0.25, 0.3) is 0 Å². The third-order valence-electron chi connectivity index (χ3n) is 2.13. The van der Waals surface area contributed by atoms with E-state index >= 15 is 0 Å². The van der Waals surface area contributed by atoms with Crippen molar-refractivity contribution in [3.8, 4) is 5.75 Å². The van der Waals surface area contributed by atoms with Gasteiger partial charge in [-0.25, -0.2) is 4.79 Å². The van der Waals surface area contributed by atoms with Gasteiger partial charge < -0.3 is 14.3 Å². The van der Waals surface area contributed by atoms with Gasteiger partial charge in [0, 0.05) is 0 Å². The molecule has 0 saturated carbocycles. The highest BCUT2D eigenvalue weighted by Crippen LogP contribution is 2.23. The highest BCUT2D eigenvalue weighted by atomic mass is 35.5. The fraction of sp³-hybridized carbons (Fsp3) is 0.0833. The minimum absolute atomic E-state index is 0.0528. The maximum atomic E-state index is 10.7. The van der Waals surface area contributed by atoms with Crippen LogP contribution in [0.15, 0.2) is 41.0 Å².